The molecule has 0 saturated heterocycles. The van der Waals surface area contributed by atoms with Crippen LogP contribution in [0.1, 0.15) is 5.56 Å². The van der Waals surface area contributed by atoms with Gasteiger partial charge < -0.3 is 10.2 Å². The number of aromatic hydroxyl groups is 2. The van der Waals surface area contributed by atoms with Crippen molar-refractivity contribution in [3.05, 3.63) is 87.7 Å². The van der Waals surface area contributed by atoms with Crippen LogP contribution in [0.15, 0.2) is 81.8 Å². The molecule has 8 nitrogen and oxygen atoms in total. The standard InChI is InChI=1S/C23H17ClN4O4S/c24-15-6-8-16(9-7-15)28-22(32)17-3-1-2-4-18(17)26-23(28)33-13-21(31)27-25-12-14-5-10-19(29)20(30)11-14/h1-12,29-30H,13H2,(H,27,31)/b25-12-. The lowest BCUT2D eigenvalue weighted by molar-refractivity contribution is -0.118. The molecule has 1 heterocycles. The molecule has 3 N–H and O–H groups in total. The van der Waals surface area contributed by atoms with E-state index in [1.165, 1.54) is 29.0 Å². The molecule has 4 aromatic rings. The van der Waals surface area contributed by atoms with Gasteiger partial charge in [0, 0.05) is 5.02 Å². The summed E-state index contributed by atoms with van der Waals surface area (Å²) in [6, 6.07) is 17.9. The van der Waals surface area contributed by atoms with Gasteiger partial charge in [-0.15, -0.1) is 0 Å². The molecule has 4 rings (SSSR count). The first-order valence-electron chi connectivity index (χ1n) is 9.67. The Labute approximate surface area is 197 Å². The van der Waals surface area contributed by atoms with Gasteiger partial charge in [-0.2, -0.15) is 5.10 Å². The molecule has 0 saturated carbocycles. The number of nitrogens with one attached hydrogen (secondary N) is 1. The van der Waals surface area contributed by atoms with Gasteiger partial charge >= 0.3 is 0 Å². The number of aromatic nitrogens is 2. The molecule has 10 heteroatoms. The van der Waals surface area contributed by atoms with Crippen molar-refractivity contribution in [1.29, 1.82) is 0 Å². The van der Waals surface area contributed by atoms with Crippen LogP contribution in [-0.2, 0) is 4.79 Å². The summed E-state index contributed by atoms with van der Waals surface area (Å²) in [6.45, 7) is 0. The van der Waals surface area contributed by atoms with Gasteiger partial charge in [0.15, 0.2) is 16.7 Å². The largest absolute Gasteiger partial charge is 0.504 e. The van der Waals surface area contributed by atoms with Crippen LogP contribution in [0.25, 0.3) is 16.6 Å². The van der Waals surface area contributed by atoms with E-state index in [0.717, 1.165) is 11.8 Å². The number of phenols is 2. The number of halogens is 1. The molecule has 0 aliphatic heterocycles. The van der Waals surface area contributed by atoms with Crippen molar-refractivity contribution in [3.63, 3.8) is 0 Å². The lowest BCUT2D eigenvalue weighted by Gasteiger charge is -2.13. The summed E-state index contributed by atoms with van der Waals surface area (Å²) in [4.78, 5) is 30.1. The number of thioether (sulfide) groups is 1. The number of rotatable bonds is 6. The van der Waals surface area contributed by atoms with Gasteiger partial charge in [-0.1, -0.05) is 35.5 Å². The molecule has 0 radical (unpaired) electrons. The molecule has 0 aliphatic rings. The number of carbonyl (C=O) groups excluding carboxylic acids is 1. The maximum absolute atomic E-state index is 13.2. The van der Waals surface area contributed by atoms with Crippen LogP contribution in [0, 0.1) is 0 Å². The number of amides is 1. The van der Waals surface area contributed by atoms with Crippen LogP contribution in [0.4, 0.5) is 0 Å². The summed E-state index contributed by atoms with van der Waals surface area (Å²) < 4.78 is 1.44. The molecule has 33 heavy (non-hydrogen) atoms. The molecule has 1 amide bonds. The van der Waals surface area contributed by atoms with Crippen LogP contribution in [-0.4, -0.2) is 37.6 Å². The third kappa shape index (κ3) is 5.16. The Morgan fingerprint density at radius 3 is 2.61 bits per heavy atom. The normalized spacial score (nSPS) is 11.2. The maximum atomic E-state index is 13.2. The predicted octanol–water partition coefficient (Wildman–Crippen LogP) is 3.69. The fourth-order valence-electron chi connectivity index (χ4n) is 2.99. The summed E-state index contributed by atoms with van der Waals surface area (Å²) in [5.74, 6) is -0.994. The molecular formula is C23H17ClN4O4S. The average Bonchev–Trinajstić information content (AvgIpc) is 2.81. The Balaban J connectivity index is 1.55. The second-order valence-electron chi connectivity index (χ2n) is 6.86. The molecule has 166 valence electrons. The zero-order valence-corrected chi connectivity index (χ0v) is 18.5. The first kappa shape index (κ1) is 22.4. The van der Waals surface area contributed by atoms with Gasteiger partial charge in [-0.25, -0.2) is 10.4 Å². The van der Waals surface area contributed by atoms with Crippen LogP contribution in [0.2, 0.25) is 5.02 Å². The van der Waals surface area contributed by atoms with Crippen molar-refractivity contribution < 1.29 is 15.0 Å². The Bertz CT molecular complexity index is 1420. The molecule has 1 aromatic heterocycles. The predicted molar refractivity (Wildman–Crippen MR) is 129 cm³/mol. The molecule has 0 spiro atoms. The van der Waals surface area contributed by atoms with E-state index < -0.39 is 5.91 Å². The van der Waals surface area contributed by atoms with Crippen molar-refractivity contribution in [1.82, 2.24) is 15.0 Å². The molecular weight excluding hydrogens is 464 g/mol. The van der Waals surface area contributed by atoms with E-state index in [1.54, 1.807) is 48.5 Å². The lowest BCUT2D eigenvalue weighted by atomic mass is 10.2. The number of hydrogen-bond donors (Lipinski definition) is 3. The highest BCUT2D eigenvalue weighted by atomic mass is 35.5. The molecule has 0 unspecified atom stereocenters. The first-order chi connectivity index (χ1) is 15.9. The van der Waals surface area contributed by atoms with E-state index in [4.69, 9.17) is 11.6 Å². The number of benzene rings is 3. The highest BCUT2D eigenvalue weighted by molar-refractivity contribution is 7.99. The van der Waals surface area contributed by atoms with Crippen molar-refractivity contribution in [3.8, 4) is 17.2 Å². The van der Waals surface area contributed by atoms with Gasteiger partial charge in [0.25, 0.3) is 11.5 Å². The molecule has 0 aliphatic carbocycles. The van der Waals surface area contributed by atoms with Gasteiger partial charge in [-0.3, -0.25) is 14.2 Å². The molecule has 0 fully saturated rings. The van der Waals surface area contributed by atoms with Gasteiger partial charge in [0.2, 0.25) is 0 Å². The van der Waals surface area contributed by atoms with Gasteiger partial charge in [-0.05, 0) is 60.2 Å². The van der Waals surface area contributed by atoms with E-state index in [0.29, 0.717) is 32.3 Å². The zero-order valence-electron chi connectivity index (χ0n) is 17.0. The van der Waals surface area contributed by atoms with Crippen molar-refractivity contribution in [2.75, 3.05) is 5.75 Å². The number of nitrogens with zero attached hydrogens (tertiary/aromatic N) is 3. The Morgan fingerprint density at radius 1 is 1.09 bits per heavy atom. The van der Waals surface area contributed by atoms with Crippen molar-refractivity contribution in [2.45, 2.75) is 5.16 Å². The molecule has 0 bridgehead atoms. The quantitative estimate of drug-likeness (QED) is 0.127. The monoisotopic (exact) mass is 480 g/mol. The minimum Gasteiger partial charge on any atom is -0.504 e. The number of hydrogen-bond acceptors (Lipinski definition) is 7. The maximum Gasteiger partial charge on any atom is 0.266 e. The van der Waals surface area contributed by atoms with Crippen molar-refractivity contribution >= 4 is 46.4 Å². The topological polar surface area (TPSA) is 117 Å². The third-order valence-electron chi connectivity index (χ3n) is 4.56. The summed E-state index contributed by atoms with van der Waals surface area (Å²) in [5, 5.41) is 24.0. The van der Waals surface area contributed by atoms with E-state index in [-0.39, 0.29) is 22.8 Å². The van der Waals surface area contributed by atoms with Crippen LogP contribution >= 0.6 is 23.4 Å². The number of fused-ring (bicyclic) bond motifs is 1. The zero-order chi connectivity index (χ0) is 23.4. The van der Waals surface area contributed by atoms with Crippen LogP contribution in [0.5, 0.6) is 11.5 Å². The Kier molecular flexibility index (Phi) is 6.62. The van der Waals surface area contributed by atoms with E-state index >= 15 is 0 Å². The fourth-order valence-corrected chi connectivity index (χ4v) is 3.92. The van der Waals surface area contributed by atoms with E-state index in [9.17, 15) is 19.8 Å². The average molecular weight is 481 g/mol. The minimum absolute atomic E-state index is 0.0451. The fraction of sp³-hybridized carbons (Fsp3) is 0.0435. The summed E-state index contributed by atoms with van der Waals surface area (Å²) in [7, 11) is 0. The second kappa shape index (κ2) is 9.76. The molecule has 3 aromatic carbocycles. The van der Waals surface area contributed by atoms with Crippen LogP contribution in [0.3, 0.4) is 0 Å². The van der Waals surface area contributed by atoms with E-state index in [2.05, 4.69) is 15.5 Å². The summed E-state index contributed by atoms with van der Waals surface area (Å²) in [5.41, 5.74) is 3.73. The summed E-state index contributed by atoms with van der Waals surface area (Å²) in [6.07, 6.45) is 1.33. The molecule has 0 atom stereocenters. The highest BCUT2D eigenvalue weighted by Gasteiger charge is 2.14. The first-order valence-corrected chi connectivity index (χ1v) is 11.0. The second-order valence-corrected chi connectivity index (χ2v) is 8.24. The summed E-state index contributed by atoms with van der Waals surface area (Å²) >= 11 is 7.08. The highest BCUT2D eigenvalue weighted by Crippen LogP contribution is 2.24. The van der Waals surface area contributed by atoms with Crippen molar-refractivity contribution in [2.24, 2.45) is 5.10 Å². The van der Waals surface area contributed by atoms with E-state index in [1.807, 2.05) is 0 Å². The van der Waals surface area contributed by atoms with Crippen LogP contribution < -0.4 is 11.0 Å². The number of para-hydroxylation sites is 1. The Morgan fingerprint density at radius 2 is 1.85 bits per heavy atom. The number of phenolic OH excluding ortho intramolecular Hbond substituents is 2. The lowest BCUT2D eigenvalue weighted by Crippen LogP contribution is -2.24. The van der Waals surface area contributed by atoms with Gasteiger partial charge in [0.1, 0.15) is 0 Å². The third-order valence-corrected chi connectivity index (χ3v) is 5.76. The SMILES string of the molecule is O=C(CSc1nc2ccccc2c(=O)n1-c1ccc(Cl)cc1)N/N=C\c1ccc(O)c(O)c1. The number of hydrazone groups is 1. The minimum atomic E-state index is -0.413. The smallest absolute Gasteiger partial charge is 0.266 e. The number of carbonyl (C=O) groups is 1. The Hall–Kier alpha value is -3.82. The van der Waals surface area contributed by atoms with Gasteiger partial charge in [0.05, 0.1) is 28.6 Å².